The lowest BCUT2D eigenvalue weighted by molar-refractivity contribution is 0.0508. The summed E-state index contributed by atoms with van der Waals surface area (Å²) in [5, 5.41) is 9.68. The summed E-state index contributed by atoms with van der Waals surface area (Å²) in [6.07, 6.45) is 3.05. The van der Waals surface area contributed by atoms with Crippen LogP contribution in [0.3, 0.4) is 0 Å². The van der Waals surface area contributed by atoms with Crippen LogP contribution in [0.4, 0.5) is 4.39 Å². The van der Waals surface area contributed by atoms with Crippen molar-refractivity contribution in [3.8, 4) is 5.75 Å². The first-order valence-corrected chi connectivity index (χ1v) is 6.32. The van der Waals surface area contributed by atoms with Crippen molar-refractivity contribution in [2.24, 2.45) is 0 Å². The van der Waals surface area contributed by atoms with Gasteiger partial charge in [-0.1, -0.05) is 0 Å². The van der Waals surface area contributed by atoms with Crippen LogP contribution < -0.4 is 0 Å². The maximum Gasteiger partial charge on any atom is 0.258 e. The minimum Gasteiger partial charge on any atom is -0.507 e. The van der Waals surface area contributed by atoms with Crippen LogP contribution in [-0.2, 0) is 0 Å². The molecular weight excluding hydrogens is 233 g/mol. The first kappa shape index (κ1) is 12.9. The summed E-state index contributed by atoms with van der Waals surface area (Å²) in [5.41, 5.74) is 0.178. The topological polar surface area (TPSA) is 40.5 Å². The molecule has 2 atom stereocenters. The Morgan fingerprint density at radius 3 is 2.50 bits per heavy atom. The number of nitrogens with zero attached hydrogens (tertiary/aromatic N) is 1. The maximum absolute atomic E-state index is 12.9. The molecule has 0 aromatic heterocycles. The lowest BCUT2D eigenvalue weighted by Gasteiger charge is -2.39. The van der Waals surface area contributed by atoms with Gasteiger partial charge in [0.2, 0.25) is 0 Å². The molecule has 0 bridgehead atoms. The van der Waals surface area contributed by atoms with Crippen LogP contribution in [0.5, 0.6) is 5.75 Å². The number of benzene rings is 1. The monoisotopic (exact) mass is 251 g/mol. The van der Waals surface area contributed by atoms with E-state index in [1.807, 2.05) is 13.8 Å². The van der Waals surface area contributed by atoms with Crippen LogP contribution in [0.15, 0.2) is 18.2 Å². The second-order valence-electron chi connectivity index (χ2n) is 5.00. The van der Waals surface area contributed by atoms with Gasteiger partial charge in [0.05, 0.1) is 5.56 Å². The molecule has 1 aliphatic heterocycles. The molecule has 0 spiro atoms. The average Bonchev–Trinajstić information content (AvgIpc) is 2.28. The van der Waals surface area contributed by atoms with Gasteiger partial charge in [-0.05, 0) is 45.2 Å². The van der Waals surface area contributed by atoms with E-state index in [2.05, 4.69) is 0 Å². The molecule has 1 N–H and O–H groups in total. The zero-order valence-electron chi connectivity index (χ0n) is 10.7. The number of likely N-dealkylation sites (tertiary alicyclic amines) is 1. The minimum absolute atomic E-state index is 0.158. The number of rotatable bonds is 1. The van der Waals surface area contributed by atoms with Crippen molar-refractivity contribution in [1.29, 1.82) is 0 Å². The standard InChI is InChI=1S/C14H18FNO2/c1-9-4-3-5-10(2)16(9)14(18)12-7-6-11(15)8-13(12)17/h6-10,17H,3-5H2,1-2H3/t9-,10+. The van der Waals surface area contributed by atoms with Gasteiger partial charge in [-0.3, -0.25) is 4.79 Å². The Labute approximate surface area is 106 Å². The molecule has 0 aliphatic carbocycles. The highest BCUT2D eigenvalue weighted by molar-refractivity contribution is 5.97. The quantitative estimate of drug-likeness (QED) is 0.833. The zero-order chi connectivity index (χ0) is 13.3. The van der Waals surface area contributed by atoms with E-state index in [1.54, 1.807) is 4.90 Å². The highest BCUT2D eigenvalue weighted by Gasteiger charge is 2.30. The van der Waals surface area contributed by atoms with Gasteiger partial charge in [0, 0.05) is 18.2 Å². The molecule has 1 fully saturated rings. The van der Waals surface area contributed by atoms with Crippen molar-refractivity contribution in [1.82, 2.24) is 4.90 Å². The van der Waals surface area contributed by atoms with Crippen LogP contribution >= 0.6 is 0 Å². The Morgan fingerprint density at radius 1 is 1.33 bits per heavy atom. The predicted octanol–water partition coefficient (Wildman–Crippen LogP) is 2.93. The third-order valence-corrected chi connectivity index (χ3v) is 3.62. The summed E-state index contributed by atoms with van der Waals surface area (Å²) in [5.74, 6) is -1.04. The van der Waals surface area contributed by atoms with Gasteiger partial charge in [0.1, 0.15) is 11.6 Å². The highest BCUT2D eigenvalue weighted by Crippen LogP contribution is 2.27. The fourth-order valence-corrected chi connectivity index (χ4v) is 2.65. The fourth-order valence-electron chi connectivity index (χ4n) is 2.65. The maximum atomic E-state index is 12.9. The number of carbonyl (C=O) groups is 1. The van der Waals surface area contributed by atoms with Crippen LogP contribution in [0, 0.1) is 5.82 Å². The molecule has 1 aliphatic rings. The van der Waals surface area contributed by atoms with E-state index in [0.717, 1.165) is 25.3 Å². The van der Waals surface area contributed by atoms with Crippen LogP contribution in [0.25, 0.3) is 0 Å². The van der Waals surface area contributed by atoms with Crippen molar-refractivity contribution in [3.63, 3.8) is 0 Å². The van der Waals surface area contributed by atoms with E-state index >= 15 is 0 Å². The molecule has 1 heterocycles. The number of piperidine rings is 1. The molecule has 1 aromatic carbocycles. The first-order valence-electron chi connectivity index (χ1n) is 6.32. The number of hydrogen-bond donors (Lipinski definition) is 1. The number of phenolic OH excluding ortho intramolecular Hbond substituents is 1. The summed E-state index contributed by atoms with van der Waals surface area (Å²) in [6, 6.07) is 3.84. The van der Waals surface area contributed by atoms with Crippen molar-refractivity contribution in [2.75, 3.05) is 0 Å². The van der Waals surface area contributed by atoms with Crippen molar-refractivity contribution in [3.05, 3.63) is 29.6 Å². The lowest BCUT2D eigenvalue weighted by atomic mass is 9.96. The number of hydrogen-bond acceptors (Lipinski definition) is 2. The minimum atomic E-state index is -0.538. The molecule has 1 amide bonds. The summed E-state index contributed by atoms with van der Waals surface area (Å²) >= 11 is 0. The summed E-state index contributed by atoms with van der Waals surface area (Å²) in [4.78, 5) is 14.2. The van der Waals surface area contributed by atoms with Crippen molar-refractivity contribution < 1.29 is 14.3 Å². The van der Waals surface area contributed by atoms with Gasteiger partial charge in [0.25, 0.3) is 5.91 Å². The summed E-state index contributed by atoms with van der Waals surface area (Å²) in [7, 11) is 0. The third kappa shape index (κ3) is 2.33. The highest BCUT2D eigenvalue weighted by atomic mass is 19.1. The molecule has 2 rings (SSSR count). The van der Waals surface area contributed by atoms with Crippen molar-refractivity contribution in [2.45, 2.75) is 45.2 Å². The van der Waals surface area contributed by atoms with E-state index in [0.29, 0.717) is 0 Å². The average molecular weight is 251 g/mol. The molecule has 98 valence electrons. The van der Waals surface area contributed by atoms with Gasteiger partial charge >= 0.3 is 0 Å². The van der Waals surface area contributed by atoms with Crippen LogP contribution in [-0.4, -0.2) is 28.0 Å². The SMILES string of the molecule is C[C@@H]1CCC[C@H](C)N1C(=O)c1ccc(F)cc1O. The fraction of sp³-hybridized carbons (Fsp3) is 0.500. The Balaban J connectivity index is 2.29. The Bertz CT molecular complexity index is 451. The van der Waals surface area contributed by atoms with Gasteiger partial charge in [0.15, 0.2) is 0 Å². The van der Waals surface area contributed by atoms with E-state index < -0.39 is 5.82 Å². The van der Waals surface area contributed by atoms with Crippen LogP contribution in [0.2, 0.25) is 0 Å². The van der Waals surface area contributed by atoms with E-state index in [-0.39, 0.29) is 29.3 Å². The molecule has 0 radical (unpaired) electrons. The largest absolute Gasteiger partial charge is 0.507 e. The van der Waals surface area contributed by atoms with E-state index in [4.69, 9.17) is 0 Å². The third-order valence-electron chi connectivity index (χ3n) is 3.62. The number of aromatic hydroxyl groups is 1. The molecule has 1 saturated heterocycles. The Kier molecular flexibility index (Phi) is 3.55. The van der Waals surface area contributed by atoms with Crippen molar-refractivity contribution >= 4 is 5.91 Å². The van der Waals surface area contributed by atoms with Gasteiger partial charge < -0.3 is 10.0 Å². The molecule has 1 aromatic rings. The number of carbonyl (C=O) groups excluding carboxylic acids is 1. The summed E-state index contributed by atoms with van der Waals surface area (Å²) in [6.45, 7) is 4.02. The number of halogens is 1. The number of amides is 1. The Hall–Kier alpha value is -1.58. The Morgan fingerprint density at radius 2 is 1.94 bits per heavy atom. The summed E-state index contributed by atoms with van der Waals surface area (Å²) < 4.78 is 12.9. The molecule has 18 heavy (non-hydrogen) atoms. The first-order chi connectivity index (χ1) is 8.50. The van der Waals surface area contributed by atoms with E-state index in [9.17, 15) is 14.3 Å². The molecule has 0 unspecified atom stereocenters. The van der Waals surface area contributed by atoms with Gasteiger partial charge in [-0.2, -0.15) is 0 Å². The molecular formula is C14H18FNO2. The molecule has 0 saturated carbocycles. The normalized spacial score (nSPS) is 24.1. The zero-order valence-corrected chi connectivity index (χ0v) is 10.7. The second kappa shape index (κ2) is 4.96. The molecule has 4 heteroatoms. The smallest absolute Gasteiger partial charge is 0.258 e. The lowest BCUT2D eigenvalue weighted by Crippen LogP contribution is -2.47. The van der Waals surface area contributed by atoms with Gasteiger partial charge in [-0.15, -0.1) is 0 Å². The predicted molar refractivity (Wildman–Crippen MR) is 67.0 cm³/mol. The van der Waals surface area contributed by atoms with E-state index in [1.165, 1.54) is 12.1 Å². The van der Waals surface area contributed by atoms with Crippen LogP contribution in [0.1, 0.15) is 43.5 Å². The molecule has 3 nitrogen and oxygen atoms in total. The van der Waals surface area contributed by atoms with Gasteiger partial charge in [-0.25, -0.2) is 4.39 Å². The number of phenols is 1. The second-order valence-corrected chi connectivity index (χ2v) is 5.00.